The molecule has 2 N–H and O–H groups in total. The number of aromatic amines is 1. The van der Waals surface area contributed by atoms with Gasteiger partial charge >= 0.3 is 0 Å². The van der Waals surface area contributed by atoms with E-state index in [0.29, 0.717) is 22.0 Å². The van der Waals surface area contributed by atoms with E-state index in [0.717, 1.165) is 16.5 Å². The van der Waals surface area contributed by atoms with Gasteiger partial charge in [0.05, 0.1) is 0 Å². The van der Waals surface area contributed by atoms with Gasteiger partial charge < -0.3 is 10.3 Å². The highest BCUT2D eigenvalue weighted by atomic mass is 35.5. The molecule has 0 aliphatic heterocycles. The lowest BCUT2D eigenvalue weighted by Crippen LogP contribution is -2.13. The molecule has 1 aromatic heterocycles. The second-order valence-electron chi connectivity index (χ2n) is 5.40. The lowest BCUT2D eigenvalue weighted by Gasteiger charge is -2.05. The zero-order valence-electron chi connectivity index (χ0n) is 12.7. The van der Waals surface area contributed by atoms with Crippen molar-refractivity contribution < 1.29 is 9.59 Å². The van der Waals surface area contributed by atoms with E-state index in [1.54, 1.807) is 36.4 Å². The van der Waals surface area contributed by atoms with Crippen LogP contribution < -0.4 is 5.32 Å². The fourth-order valence-corrected chi connectivity index (χ4v) is 2.69. The third-order valence-electron chi connectivity index (χ3n) is 3.80. The van der Waals surface area contributed by atoms with Gasteiger partial charge in [0, 0.05) is 27.2 Å². The van der Waals surface area contributed by atoms with Crippen molar-refractivity contribution in [3.05, 3.63) is 64.3 Å². The highest BCUT2D eigenvalue weighted by Crippen LogP contribution is 2.25. The summed E-state index contributed by atoms with van der Waals surface area (Å²) in [6.07, 6.45) is 0. The van der Waals surface area contributed by atoms with E-state index < -0.39 is 0 Å². The molecule has 116 valence electrons. The summed E-state index contributed by atoms with van der Waals surface area (Å²) in [5.74, 6) is -0.239. The fraction of sp³-hybridized carbons (Fsp3) is 0.111. The topological polar surface area (TPSA) is 62.0 Å². The predicted octanol–water partition coefficient (Wildman–Crippen LogP) is 4.58. The number of benzene rings is 2. The van der Waals surface area contributed by atoms with Crippen molar-refractivity contribution in [2.75, 3.05) is 5.32 Å². The number of hydrogen-bond acceptors (Lipinski definition) is 2. The van der Waals surface area contributed by atoms with Crippen LogP contribution in [-0.4, -0.2) is 16.7 Å². The number of nitrogens with one attached hydrogen (secondary N) is 2. The van der Waals surface area contributed by atoms with Crippen LogP contribution in [0.5, 0.6) is 0 Å². The van der Waals surface area contributed by atoms with Crippen LogP contribution in [0.4, 0.5) is 5.69 Å². The molecule has 0 aliphatic rings. The summed E-state index contributed by atoms with van der Waals surface area (Å²) in [5, 5.41) is 4.41. The Morgan fingerprint density at radius 2 is 1.78 bits per heavy atom. The Labute approximate surface area is 138 Å². The first-order valence-electron chi connectivity index (χ1n) is 7.16. The molecule has 4 nitrogen and oxygen atoms in total. The second-order valence-corrected chi connectivity index (χ2v) is 5.84. The van der Waals surface area contributed by atoms with E-state index >= 15 is 0 Å². The summed E-state index contributed by atoms with van der Waals surface area (Å²) in [5.41, 5.74) is 3.44. The minimum atomic E-state index is -0.231. The molecule has 1 amide bonds. The van der Waals surface area contributed by atoms with Crippen molar-refractivity contribution >= 4 is 39.9 Å². The van der Waals surface area contributed by atoms with Crippen LogP contribution in [0.2, 0.25) is 5.02 Å². The van der Waals surface area contributed by atoms with E-state index in [4.69, 9.17) is 11.6 Å². The van der Waals surface area contributed by atoms with Crippen molar-refractivity contribution in [1.29, 1.82) is 0 Å². The Morgan fingerprint density at radius 1 is 1.09 bits per heavy atom. The predicted molar refractivity (Wildman–Crippen MR) is 92.4 cm³/mol. The normalized spacial score (nSPS) is 10.7. The van der Waals surface area contributed by atoms with E-state index in [1.807, 2.05) is 13.0 Å². The lowest BCUT2D eigenvalue weighted by atomic mass is 10.1. The van der Waals surface area contributed by atoms with E-state index in [1.165, 1.54) is 6.92 Å². The number of fused-ring (bicyclic) bond motifs is 1. The summed E-state index contributed by atoms with van der Waals surface area (Å²) in [6.45, 7) is 3.40. The highest BCUT2D eigenvalue weighted by Gasteiger charge is 2.15. The quantitative estimate of drug-likeness (QED) is 0.692. The average molecular weight is 327 g/mol. The van der Waals surface area contributed by atoms with Crippen molar-refractivity contribution in [2.24, 2.45) is 0 Å². The maximum Gasteiger partial charge on any atom is 0.272 e. The molecule has 23 heavy (non-hydrogen) atoms. The molecule has 0 saturated carbocycles. The van der Waals surface area contributed by atoms with Gasteiger partial charge in [-0.3, -0.25) is 9.59 Å². The third kappa shape index (κ3) is 2.98. The van der Waals surface area contributed by atoms with Gasteiger partial charge in [0.1, 0.15) is 5.69 Å². The van der Waals surface area contributed by atoms with E-state index in [-0.39, 0.29) is 11.7 Å². The van der Waals surface area contributed by atoms with Gasteiger partial charge in [0.25, 0.3) is 5.91 Å². The minimum absolute atomic E-state index is 0.00813. The maximum absolute atomic E-state index is 12.5. The number of ketones is 1. The first-order chi connectivity index (χ1) is 11.0. The zero-order valence-corrected chi connectivity index (χ0v) is 13.5. The van der Waals surface area contributed by atoms with Gasteiger partial charge in [0.2, 0.25) is 0 Å². The summed E-state index contributed by atoms with van der Waals surface area (Å²) in [6, 6.07) is 12.3. The largest absolute Gasteiger partial charge is 0.350 e. The summed E-state index contributed by atoms with van der Waals surface area (Å²) < 4.78 is 0. The summed E-state index contributed by atoms with van der Waals surface area (Å²) in [4.78, 5) is 26.8. The van der Waals surface area contributed by atoms with Crippen molar-refractivity contribution in [2.45, 2.75) is 13.8 Å². The number of Topliss-reactive ketones (excluding diaryl/α,β-unsaturated/α-hetero) is 1. The van der Waals surface area contributed by atoms with Gasteiger partial charge in [-0.1, -0.05) is 17.7 Å². The van der Waals surface area contributed by atoms with Crippen LogP contribution in [0.15, 0.2) is 42.5 Å². The monoisotopic (exact) mass is 326 g/mol. The Bertz CT molecular complexity index is 911. The van der Waals surface area contributed by atoms with Gasteiger partial charge in [0.15, 0.2) is 5.78 Å². The number of aromatic nitrogens is 1. The highest BCUT2D eigenvalue weighted by molar-refractivity contribution is 6.31. The molecule has 1 heterocycles. The average Bonchev–Trinajstić information content (AvgIpc) is 2.84. The number of aryl methyl sites for hydroxylation is 1. The van der Waals surface area contributed by atoms with Crippen LogP contribution in [0.1, 0.15) is 33.3 Å². The van der Waals surface area contributed by atoms with Crippen LogP contribution >= 0.6 is 11.6 Å². The number of carbonyl (C=O) groups excluding carboxylic acids is 2. The van der Waals surface area contributed by atoms with Crippen LogP contribution in [0, 0.1) is 6.92 Å². The number of carbonyl (C=O) groups is 2. The summed E-state index contributed by atoms with van der Waals surface area (Å²) >= 11 is 5.98. The molecule has 3 rings (SSSR count). The molecule has 0 saturated heterocycles. The molecular weight excluding hydrogens is 312 g/mol. The molecule has 0 aliphatic carbocycles. The molecule has 0 atom stereocenters. The van der Waals surface area contributed by atoms with Crippen LogP contribution in [-0.2, 0) is 0 Å². The smallest absolute Gasteiger partial charge is 0.272 e. The lowest BCUT2D eigenvalue weighted by molar-refractivity contribution is 0.101. The minimum Gasteiger partial charge on any atom is -0.350 e. The number of amides is 1. The third-order valence-corrected chi connectivity index (χ3v) is 4.03. The standard InChI is InChI=1S/C18H15ClN2O2/c1-10-15-8-5-13(19)9-16(15)21-17(10)18(23)20-14-6-3-12(4-7-14)11(2)22/h3-9,21H,1-2H3,(H,20,23). The van der Waals surface area contributed by atoms with Crippen LogP contribution in [0.3, 0.4) is 0 Å². The fourth-order valence-electron chi connectivity index (χ4n) is 2.52. The van der Waals surface area contributed by atoms with E-state index in [9.17, 15) is 9.59 Å². The number of anilines is 1. The number of hydrogen-bond donors (Lipinski definition) is 2. The van der Waals surface area contributed by atoms with Crippen LogP contribution in [0.25, 0.3) is 10.9 Å². The zero-order chi connectivity index (χ0) is 16.6. The van der Waals surface area contributed by atoms with Gasteiger partial charge in [-0.25, -0.2) is 0 Å². The van der Waals surface area contributed by atoms with Crippen molar-refractivity contribution in [3.8, 4) is 0 Å². The maximum atomic E-state index is 12.5. The van der Waals surface area contributed by atoms with Gasteiger partial charge in [-0.2, -0.15) is 0 Å². The first kappa shape index (κ1) is 15.3. The van der Waals surface area contributed by atoms with Gasteiger partial charge in [-0.05, 0) is 55.8 Å². The number of rotatable bonds is 3. The molecule has 3 aromatic rings. The molecule has 0 bridgehead atoms. The molecule has 2 aromatic carbocycles. The molecule has 0 fully saturated rings. The number of H-pyrrole nitrogens is 1. The molecule has 0 spiro atoms. The van der Waals surface area contributed by atoms with E-state index in [2.05, 4.69) is 10.3 Å². The number of halogens is 1. The second kappa shape index (κ2) is 5.89. The van der Waals surface area contributed by atoms with Crippen molar-refractivity contribution in [3.63, 3.8) is 0 Å². The first-order valence-corrected chi connectivity index (χ1v) is 7.53. The van der Waals surface area contributed by atoms with Gasteiger partial charge in [-0.15, -0.1) is 0 Å². The summed E-state index contributed by atoms with van der Waals surface area (Å²) in [7, 11) is 0. The molecule has 0 radical (unpaired) electrons. The Morgan fingerprint density at radius 3 is 2.43 bits per heavy atom. The molecule has 0 unspecified atom stereocenters. The Hall–Kier alpha value is -2.59. The SMILES string of the molecule is CC(=O)c1ccc(NC(=O)c2[nH]c3cc(Cl)ccc3c2C)cc1. The molecule has 5 heteroatoms. The Kier molecular flexibility index (Phi) is 3.92. The Balaban J connectivity index is 1.88. The van der Waals surface area contributed by atoms with Crippen molar-refractivity contribution in [1.82, 2.24) is 4.98 Å². The molecular formula is C18H15ClN2O2.